The van der Waals surface area contributed by atoms with Crippen LogP contribution in [0.2, 0.25) is 0 Å². The van der Waals surface area contributed by atoms with Gasteiger partial charge in [0, 0.05) is 5.56 Å². The minimum Gasteiger partial charge on any atom is -0.309 e. The molecule has 5 heteroatoms. The van der Waals surface area contributed by atoms with Gasteiger partial charge in [-0.2, -0.15) is 11.8 Å². The van der Waals surface area contributed by atoms with Gasteiger partial charge in [-0.1, -0.05) is 30.3 Å². The van der Waals surface area contributed by atoms with E-state index in [2.05, 4.69) is 27.6 Å². The Morgan fingerprint density at radius 1 is 1.32 bits per heavy atom. The van der Waals surface area contributed by atoms with E-state index in [9.17, 15) is 4.79 Å². The molecule has 1 aliphatic heterocycles. The first-order chi connectivity index (χ1) is 9.25. The molecule has 98 valence electrons. The lowest BCUT2D eigenvalue weighted by Gasteiger charge is -2.11. The van der Waals surface area contributed by atoms with Gasteiger partial charge in [-0.25, -0.2) is 4.98 Å². The highest BCUT2D eigenvalue weighted by Gasteiger charge is 2.22. The lowest BCUT2D eigenvalue weighted by molar-refractivity contribution is 0.771. The molecule has 1 N–H and O–H groups in total. The van der Waals surface area contributed by atoms with E-state index in [1.54, 1.807) is 0 Å². The van der Waals surface area contributed by atoms with Gasteiger partial charge in [0.2, 0.25) is 0 Å². The summed E-state index contributed by atoms with van der Waals surface area (Å²) in [5.74, 6) is 1.98. The van der Waals surface area contributed by atoms with Gasteiger partial charge in [0.25, 0.3) is 5.56 Å². The van der Waals surface area contributed by atoms with Gasteiger partial charge in [0.05, 0.1) is 10.9 Å². The van der Waals surface area contributed by atoms with Crippen molar-refractivity contribution in [3.05, 3.63) is 50.1 Å². The molecule has 0 aliphatic carbocycles. The molecule has 0 spiro atoms. The van der Waals surface area contributed by atoms with E-state index in [1.807, 2.05) is 42.1 Å². The smallest absolute Gasteiger partial charge is 0.265 e. The van der Waals surface area contributed by atoms with Crippen molar-refractivity contribution in [2.75, 3.05) is 5.75 Å². The molecule has 1 fully saturated rings. The zero-order valence-corrected chi connectivity index (χ0v) is 13.2. The second kappa shape index (κ2) is 5.66. The van der Waals surface area contributed by atoms with Gasteiger partial charge < -0.3 is 4.98 Å². The van der Waals surface area contributed by atoms with Crippen LogP contribution in [0.3, 0.4) is 0 Å². The lowest BCUT2D eigenvalue weighted by atomic mass is 10.1. The number of halogens is 1. The molecule has 3 rings (SSSR count). The summed E-state index contributed by atoms with van der Waals surface area (Å²) < 4.78 is 0.663. The Balaban J connectivity index is 2.11. The van der Waals surface area contributed by atoms with Crippen molar-refractivity contribution < 1.29 is 0 Å². The molecule has 1 unspecified atom stereocenters. The third kappa shape index (κ3) is 2.72. The summed E-state index contributed by atoms with van der Waals surface area (Å²) >= 11 is 3.95. The minimum absolute atomic E-state index is 0.0306. The average molecular weight is 384 g/mol. The van der Waals surface area contributed by atoms with Crippen molar-refractivity contribution in [2.24, 2.45) is 0 Å². The number of nitrogens with one attached hydrogen (secondary N) is 1. The lowest BCUT2D eigenvalue weighted by Crippen LogP contribution is -2.17. The van der Waals surface area contributed by atoms with Crippen molar-refractivity contribution in [1.29, 1.82) is 0 Å². The number of hydrogen-bond acceptors (Lipinski definition) is 3. The van der Waals surface area contributed by atoms with E-state index in [0.717, 1.165) is 29.3 Å². The van der Waals surface area contributed by atoms with Gasteiger partial charge in [0.15, 0.2) is 0 Å². The van der Waals surface area contributed by atoms with E-state index in [1.165, 1.54) is 6.42 Å². The van der Waals surface area contributed by atoms with Crippen LogP contribution in [-0.4, -0.2) is 15.7 Å². The van der Waals surface area contributed by atoms with E-state index >= 15 is 0 Å². The molecule has 19 heavy (non-hydrogen) atoms. The molecule has 2 aromatic rings. The first-order valence-electron chi connectivity index (χ1n) is 6.22. The summed E-state index contributed by atoms with van der Waals surface area (Å²) in [6, 6.07) is 9.90. The second-order valence-corrected chi connectivity index (χ2v) is 6.87. The fraction of sp³-hybridized carbons (Fsp3) is 0.286. The van der Waals surface area contributed by atoms with Crippen LogP contribution in [0.15, 0.2) is 35.1 Å². The SMILES string of the molecule is O=c1[nH]c(C2CCCS2)nc(-c2ccccc2)c1I. The van der Waals surface area contributed by atoms with E-state index in [0.29, 0.717) is 8.82 Å². The number of thioether (sulfide) groups is 1. The summed E-state index contributed by atoms with van der Waals surface area (Å²) in [4.78, 5) is 19.7. The largest absolute Gasteiger partial charge is 0.309 e. The molecule has 0 bridgehead atoms. The Bertz CT molecular complexity index is 636. The number of aromatic amines is 1. The topological polar surface area (TPSA) is 45.8 Å². The molecule has 0 saturated carbocycles. The Kier molecular flexibility index (Phi) is 3.93. The van der Waals surface area contributed by atoms with Crippen LogP contribution in [0.4, 0.5) is 0 Å². The summed E-state index contributed by atoms with van der Waals surface area (Å²) in [5.41, 5.74) is 1.77. The van der Waals surface area contributed by atoms with E-state index in [4.69, 9.17) is 4.98 Å². The average Bonchev–Trinajstić information content (AvgIpc) is 2.97. The Hall–Kier alpha value is -0.820. The van der Waals surface area contributed by atoms with E-state index in [-0.39, 0.29) is 5.56 Å². The van der Waals surface area contributed by atoms with Crippen LogP contribution in [0.25, 0.3) is 11.3 Å². The third-order valence-corrected chi connectivity index (χ3v) is 5.55. The molecule has 3 nitrogen and oxygen atoms in total. The number of nitrogens with zero attached hydrogens (tertiary/aromatic N) is 1. The quantitative estimate of drug-likeness (QED) is 0.805. The maximum absolute atomic E-state index is 12.1. The maximum atomic E-state index is 12.1. The first kappa shape index (κ1) is 13.2. The molecular formula is C14H13IN2OS. The predicted octanol–water partition coefficient (Wildman–Crippen LogP) is 3.61. The highest BCUT2D eigenvalue weighted by Crippen LogP contribution is 2.38. The number of aromatic nitrogens is 2. The van der Waals surface area contributed by atoms with Gasteiger partial charge in [-0.15, -0.1) is 0 Å². The number of H-pyrrole nitrogens is 1. The second-order valence-electron chi connectivity index (χ2n) is 4.48. The molecule has 1 aromatic carbocycles. The van der Waals surface area contributed by atoms with Gasteiger partial charge in [-0.3, -0.25) is 4.79 Å². The fourth-order valence-corrected chi connectivity index (χ4v) is 4.00. The Labute approximate surface area is 129 Å². The Morgan fingerprint density at radius 2 is 2.11 bits per heavy atom. The van der Waals surface area contributed by atoms with Crippen molar-refractivity contribution in [3.63, 3.8) is 0 Å². The monoisotopic (exact) mass is 384 g/mol. The number of hydrogen-bond donors (Lipinski definition) is 1. The van der Waals surface area contributed by atoms with Crippen molar-refractivity contribution >= 4 is 34.4 Å². The van der Waals surface area contributed by atoms with Crippen molar-refractivity contribution in [3.8, 4) is 11.3 Å². The normalized spacial score (nSPS) is 18.7. The standard InChI is InChI=1S/C14H13IN2OS/c15-11-12(9-5-2-1-3-6-9)16-13(17-14(11)18)10-7-4-8-19-10/h1-3,5-6,10H,4,7-8H2,(H,16,17,18). The highest BCUT2D eigenvalue weighted by molar-refractivity contribution is 14.1. The first-order valence-corrected chi connectivity index (χ1v) is 8.35. The predicted molar refractivity (Wildman–Crippen MR) is 87.4 cm³/mol. The molecule has 1 aromatic heterocycles. The maximum Gasteiger partial charge on any atom is 0.265 e. The zero-order chi connectivity index (χ0) is 13.2. The molecule has 0 amide bonds. The van der Waals surface area contributed by atoms with Crippen LogP contribution in [-0.2, 0) is 0 Å². The summed E-state index contributed by atoms with van der Waals surface area (Å²) in [6.07, 6.45) is 2.30. The zero-order valence-electron chi connectivity index (χ0n) is 10.2. The molecular weight excluding hydrogens is 371 g/mol. The molecule has 1 aliphatic rings. The fourth-order valence-electron chi connectivity index (χ4n) is 2.21. The van der Waals surface area contributed by atoms with Gasteiger partial charge >= 0.3 is 0 Å². The van der Waals surface area contributed by atoms with Crippen LogP contribution < -0.4 is 5.56 Å². The number of benzene rings is 1. The summed E-state index contributed by atoms with van der Waals surface area (Å²) in [6.45, 7) is 0. The number of rotatable bonds is 2. The Morgan fingerprint density at radius 3 is 2.79 bits per heavy atom. The van der Waals surface area contributed by atoms with Crippen molar-refractivity contribution in [1.82, 2.24) is 9.97 Å². The molecule has 1 atom stereocenters. The van der Waals surface area contributed by atoms with Crippen LogP contribution in [0.1, 0.15) is 23.9 Å². The third-order valence-electron chi connectivity index (χ3n) is 3.16. The minimum atomic E-state index is -0.0306. The van der Waals surface area contributed by atoms with Crippen molar-refractivity contribution in [2.45, 2.75) is 18.1 Å². The molecule has 0 radical (unpaired) electrons. The molecule has 2 heterocycles. The van der Waals surface area contributed by atoms with Gasteiger partial charge in [0.1, 0.15) is 9.39 Å². The van der Waals surface area contributed by atoms with Crippen LogP contribution in [0.5, 0.6) is 0 Å². The summed E-state index contributed by atoms with van der Waals surface area (Å²) in [7, 11) is 0. The van der Waals surface area contributed by atoms with E-state index < -0.39 is 0 Å². The van der Waals surface area contributed by atoms with Crippen LogP contribution in [0, 0.1) is 3.57 Å². The molecule has 1 saturated heterocycles. The highest BCUT2D eigenvalue weighted by atomic mass is 127. The summed E-state index contributed by atoms with van der Waals surface area (Å²) in [5, 5.41) is 0.340. The van der Waals surface area contributed by atoms with Gasteiger partial charge in [-0.05, 0) is 41.2 Å². The van der Waals surface area contributed by atoms with Crippen LogP contribution >= 0.6 is 34.4 Å².